The summed E-state index contributed by atoms with van der Waals surface area (Å²) in [5.41, 5.74) is 1.80. The van der Waals surface area contributed by atoms with Crippen LogP contribution < -0.4 is 0 Å². The second kappa shape index (κ2) is 4.81. The Balaban J connectivity index is 2.16. The van der Waals surface area contributed by atoms with Gasteiger partial charge in [-0.1, -0.05) is 26.7 Å². The Bertz CT molecular complexity index is 386. The quantitative estimate of drug-likeness (QED) is 0.872. The number of aromatic nitrogens is 2. The molecule has 1 fully saturated rings. The van der Waals surface area contributed by atoms with Crippen LogP contribution in [0.15, 0.2) is 6.07 Å². The molecule has 0 aliphatic heterocycles. The summed E-state index contributed by atoms with van der Waals surface area (Å²) >= 11 is 0. The Kier molecular flexibility index (Phi) is 3.57. The average Bonchev–Trinajstić information content (AvgIpc) is 2.83. The fourth-order valence-corrected chi connectivity index (χ4v) is 3.17. The Hall–Kier alpha value is -0.830. The van der Waals surface area contributed by atoms with E-state index in [-0.39, 0.29) is 0 Å². The average molecular weight is 236 g/mol. The molecule has 2 atom stereocenters. The van der Waals surface area contributed by atoms with Gasteiger partial charge in [-0.25, -0.2) is 0 Å². The first-order chi connectivity index (χ1) is 8.09. The van der Waals surface area contributed by atoms with E-state index in [2.05, 4.69) is 25.0 Å². The van der Waals surface area contributed by atoms with Crippen molar-refractivity contribution in [1.29, 1.82) is 0 Å². The molecule has 96 valence electrons. The third-order valence-electron chi connectivity index (χ3n) is 4.29. The Morgan fingerprint density at radius 2 is 2.29 bits per heavy atom. The first-order valence-corrected chi connectivity index (χ1v) is 6.83. The number of hydrogen-bond acceptors (Lipinski definition) is 2. The van der Waals surface area contributed by atoms with Crippen LogP contribution in [0, 0.1) is 5.92 Å². The van der Waals surface area contributed by atoms with Gasteiger partial charge in [0.15, 0.2) is 0 Å². The smallest absolute Gasteiger partial charge is 0.0730 e. The zero-order valence-electron chi connectivity index (χ0n) is 11.2. The van der Waals surface area contributed by atoms with Gasteiger partial charge in [0.05, 0.1) is 11.3 Å². The maximum absolute atomic E-state index is 10.8. The van der Waals surface area contributed by atoms with E-state index >= 15 is 0 Å². The highest BCUT2D eigenvalue weighted by Crippen LogP contribution is 2.40. The van der Waals surface area contributed by atoms with Gasteiger partial charge >= 0.3 is 0 Å². The number of rotatable bonds is 4. The highest BCUT2D eigenvalue weighted by molar-refractivity contribution is 5.14. The van der Waals surface area contributed by atoms with E-state index in [0.717, 1.165) is 37.8 Å². The van der Waals surface area contributed by atoms with Gasteiger partial charge in [-0.05, 0) is 31.2 Å². The van der Waals surface area contributed by atoms with Gasteiger partial charge in [-0.2, -0.15) is 5.10 Å². The molecule has 1 aliphatic rings. The van der Waals surface area contributed by atoms with Crippen LogP contribution in [0.25, 0.3) is 0 Å². The molecule has 0 spiro atoms. The van der Waals surface area contributed by atoms with Crippen LogP contribution in [0.3, 0.4) is 0 Å². The normalized spacial score (nSPS) is 28.8. The van der Waals surface area contributed by atoms with Crippen LogP contribution in [0.5, 0.6) is 0 Å². The van der Waals surface area contributed by atoms with Crippen LogP contribution in [0.1, 0.15) is 50.9 Å². The highest BCUT2D eigenvalue weighted by Gasteiger charge is 2.40. The summed E-state index contributed by atoms with van der Waals surface area (Å²) in [6, 6.07) is 2.14. The molecule has 1 aromatic heterocycles. The largest absolute Gasteiger partial charge is 0.389 e. The lowest BCUT2D eigenvalue weighted by Crippen LogP contribution is -2.36. The Morgan fingerprint density at radius 3 is 2.88 bits per heavy atom. The van der Waals surface area contributed by atoms with Crippen LogP contribution in [0.2, 0.25) is 0 Å². The van der Waals surface area contributed by atoms with E-state index in [1.54, 1.807) is 0 Å². The molecule has 0 aromatic carbocycles. The van der Waals surface area contributed by atoms with Gasteiger partial charge in [0, 0.05) is 19.2 Å². The molecular weight excluding hydrogens is 212 g/mol. The number of aryl methyl sites for hydroxylation is 2. The number of aliphatic hydroxyl groups is 1. The zero-order chi connectivity index (χ0) is 12.5. The van der Waals surface area contributed by atoms with E-state index in [1.807, 2.05) is 11.7 Å². The Labute approximate surface area is 104 Å². The molecule has 0 amide bonds. The third-order valence-corrected chi connectivity index (χ3v) is 4.29. The molecule has 3 heteroatoms. The molecule has 0 saturated heterocycles. The molecule has 1 aliphatic carbocycles. The topological polar surface area (TPSA) is 38.0 Å². The van der Waals surface area contributed by atoms with E-state index in [9.17, 15) is 5.11 Å². The highest BCUT2D eigenvalue weighted by atomic mass is 16.3. The van der Waals surface area contributed by atoms with Gasteiger partial charge in [0.1, 0.15) is 0 Å². The van der Waals surface area contributed by atoms with Crippen molar-refractivity contribution in [3.05, 3.63) is 17.5 Å². The van der Waals surface area contributed by atoms with E-state index < -0.39 is 5.60 Å². The van der Waals surface area contributed by atoms with Crippen molar-refractivity contribution in [3.8, 4) is 0 Å². The molecule has 1 N–H and O–H groups in total. The SMILES string of the molecule is CCc1cc(CC2(O)CCCC2CC)n(C)n1. The minimum Gasteiger partial charge on any atom is -0.389 e. The second-order valence-electron chi connectivity index (χ2n) is 5.38. The van der Waals surface area contributed by atoms with Gasteiger partial charge in [-0.3, -0.25) is 4.68 Å². The molecular formula is C14H24N2O. The number of hydrogen-bond donors (Lipinski definition) is 1. The molecule has 1 heterocycles. The summed E-state index contributed by atoms with van der Waals surface area (Å²) in [6.45, 7) is 4.30. The van der Waals surface area contributed by atoms with Gasteiger partial charge in [-0.15, -0.1) is 0 Å². The van der Waals surface area contributed by atoms with Crippen LogP contribution in [0.4, 0.5) is 0 Å². The summed E-state index contributed by atoms with van der Waals surface area (Å²) in [6.07, 6.45) is 6.07. The van der Waals surface area contributed by atoms with Crippen molar-refractivity contribution in [3.63, 3.8) is 0 Å². The van der Waals surface area contributed by atoms with Crippen molar-refractivity contribution < 1.29 is 5.11 Å². The fraction of sp³-hybridized carbons (Fsp3) is 0.786. The second-order valence-corrected chi connectivity index (χ2v) is 5.38. The summed E-state index contributed by atoms with van der Waals surface area (Å²) in [5, 5.41) is 15.2. The predicted molar refractivity (Wildman–Crippen MR) is 68.9 cm³/mol. The maximum Gasteiger partial charge on any atom is 0.0730 e. The van der Waals surface area contributed by atoms with Crippen molar-refractivity contribution in [2.24, 2.45) is 13.0 Å². The minimum absolute atomic E-state index is 0.461. The van der Waals surface area contributed by atoms with Crippen LogP contribution >= 0.6 is 0 Å². The molecule has 3 nitrogen and oxygen atoms in total. The summed E-state index contributed by atoms with van der Waals surface area (Å²) in [5.74, 6) is 0.461. The van der Waals surface area contributed by atoms with Gasteiger partial charge in [0.2, 0.25) is 0 Å². The van der Waals surface area contributed by atoms with E-state index in [0.29, 0.717) is 5.92 Å². The molecule has 1 aromatic rings. The first kappa shape index (κ1) is 12.6. The van der Waals surface area contributed by atoms with Crippen molar-refractivity contribution >= 4 is 0 Å². The van der Waals surface area contributed by atoms with Gasteiger partial charge in [0.25, 0.3) is 0 Å². The van der Waals surface area contributed by atoms with Crippen LogP contribution in [-0.2, 0) is 19.9 Å². The predicted octanol–water partition coefficient (Wildman–Crippen LogP) is 2.47. The summed E-state index contributed by atoms with van der Waals surface area (Å²) in [4.78, 5) is 0. The minimum atomic E-state index is -0.493. The third kappa shape index (κ3) is 2.39. The Morgan fingerprint density at radius 1 is 1.53 bits per heavy atom. The van der Waals surface area contributed by atoms with E-state index in [4.69, 9.17) is 0 Å². The zero-order valence-corrected chi connectivity index (χ0v) is 11.2. The van der Waals surface area contributed by atoms with Gasteiger partial charge < -0.3 is 5.11 Å². The van der Waals surface area contributed by atoms with Crippen LogP contribution in [-0.4, -0.2) is 20.5 Å². The maximum atomic E-state index is 10.8. The van der Waals surface area contributed by atoms with Crippen molar-refractivity contribution in [2.45, 2.75) is 58.0 Å². The monoisotopic (exact) mass is 236 g/mol. The lowest BCUT2D eigenvalue weighted by Gasteiger charge is -2.29. The summed E-state index contributed by atoms with van der Waals surface area (Å²) in [7, 11) is 1.98. The molecule has 0 bridgehead atoms. The van der Waals surface area contributed by atoms with Crippen molar-refractivity contribution in [1.82, 2.24) is 9.78 Å². The molecule has 2 rings (SSSR count). The molecule has 1 saturated carbocycles. The summed E-state index contributed by atoms with van der Waals surface area (Å²) < 4.78 is 1.93. The molecule has 17 heavy (non-hydrogen) atoms. The van der Waals surface area contributed by atoms with Crippen molar-refractivity contribution in [2.75, 3.05) is 0 Å². The number of nitrogens with zero attached hydrogens (tertiary/aromatic N) is 2. The fourth-order valence-electron chi connectivity index (χ4n) is 3.17. The molecule has 0 radical (unpaired) electrons. The first-order valence-electron chi connectivity index (χ1n) is 6.83. The standard InChI is InChI=1S/C14H24N2O/c1-4-11-7-6-8-14(11,17)10-13-9-12(5-2)15-16(13)3/h9,11,17H,4-8,10H2,1-3H3. The van der Waals surface area contributed by atoms with E-state index in [1.165, 1.54) is 12.1 Å². The lowest BCUT2D eigenvalue weighted by atomic mass is 9.85. The molecule has 2 unspecified atom stereocenters. The lowest BCUT2D eigenvalue weighted by molar-refractivity contribution is -0.000107.